The molecule has 0 aliphatic carbocycles. The van der Waals surface area contributed by atoms with E-state index in [2.05, 4.69) is 9.97 Å². The van der Waals surface area contributed by atoms with Crippen molar-refractivity contribution in [3.63, 3.8) is 0 Å². The van der Waals surface area contributed by atoms with E-state index in [1.165, 1.54) is 0 Å². The van der Waals surface area contributed by atoms with Gasteiger partial charge in [-0.3, -0.25) is 9.78 Å². The standard InChI is InChI=1S/C17H16ClN3O/c1-21(9-6-12-4-7-19-8-5-12)17(22)16-10-13-2-3-14(18)11-15(13)20-16/h2-5,7-8,10-11,20H,6,9H2,1H3. The van der Waals surface area contributed by atoms with Crippen LogP contribution in [0.5, 0.6) is 0 Å². The van der Waals surface area contributed by atoms with Crippen molar-refractivity contribution in [3.8, 4) is 0 Å². The van der Waals surface area contributed by atoms with E-state index in [0.29, 0.717) is 17.3 Å². The number of hydrogen-bond acceptors (Lipinski definition) is 2. The Morgan fingerprint density at radius 1 is 1.23 bits per heavy atom. The van der Waals surface area contributed by atoms with Crippen molar-refractivity contribution in [2.24, 2.45) is 0 Å². The zero-order valence-corrected chi connectivity index (χ0v) is 13.0. The number of amides is 1. The Bertz CT molecular complexity index is 798. The Morgan fingerprint density at radius 3 is 2.77 bits per heavy atom. The number of aromatic amines is 1. The highest BCUT2D eigenvalue weighted by Gasteiger charge is 2.14. The van der Waals surface area contributed by atoms with Crippen LogP contribution >= 0.6 is 11.6 Å². The van der Waals surface area contributed by atoms with Crippen molar-refractivity contribution in [1.82, 2.24) is 14.9 Å². The maximum atomic E-state index is 12.5. The zero-order chi connectivity index (χ0) is 15.5. The summed E-state index contributed by atoms with van der Waals surface area (Å²) in [6.07, 6.45) is 4.33. The minimum absolute atomic E-state index is 0.0265. The third-order valence-corrected chi connectivity index (χ3v) is 3.88. The van der Waals surface area contributed by atoms with Crippen LogP contribution in [0, 0.1) is 0 Å². The van der Waals surface area contributed by atoms with Crippen LogP contribution in [0.25, 0.3) is 10.9 Å². The first-order chi connectivity index (χ1) is 10.6. The van der Waals surface area contributed by atoms with Gasteiger partial charge in [0.2, 0.25) is 0 Å². The van der Waals surface area contributed by atoms with Crippen molar-refractivity contribution in [3.05, 3.63) is 65.1 Å². The Balaban J connectivity index is 1.71. The Labute approximate surface area is 133 Å². The lowest BCUT2D eigenvalue weighted by atomic mass is 10.2. The van der Waals surface area contributed by atoms with Gasteiger partial charge < -0.3 is 9.88 Å². The van der Waals surface area contributed by atoms with Crippen molar-refractivity contribution in [2.45, 2.75) is 6.42 Å². The molecule has 0 atom stereocenters. The van der Waals surface area contributed by atoms with Crippen molar-refractivity contribution < 1.29 is 4.79 Å². The second kappa shape index (κ2) is 6.20. The number of carbonyl (C=O) groups excluding carboxylic acids is 1. The fourth-order valence-corrected chi connectivity index (χ4v) is 2.54. The molecule has 1 aromatic carbocycles. The number of pyridine rings is 1. The minimum Gasteiger partial charge on any atom is -0.350 e. The monoisotopic (exact) mass is 313 g/mol. The molecule has 0 radical (unpaired) electrons. The molecule has 0 aliphatic rings. The maximum Gasteiger partial charge on any atom is 0.270 e. The van der Waals surface area contributed by atoms with Crippen LogP contribution in [-0.4, -0.2) is 34.4 Å². The van der Waals surface area contributed by atoms with Gasteiger partial charge >= 0.3 is 0 Å². The number of fused-ring (bicyclic) bond motifs is 1. The summed E-state index contributed by atoms with van der Waals surface area (Å²) in [5.41, 5.74) is 2.62. The third-order valence-electron chi connectivity index (χ3n) is 3.65. The molecule has 0 aliphatic heterocycles. The molecular formula is C17H16ClN3O. The summed E-state index contributed by atoms with van der Waals surface area (Å²) in [6, 6.07) is 11.3. The summed E-state index contributed by atoms with van der Waals surface area (Å²) in [5.74, 6) is -0.0265. The van der Waals surface area contributed by atoms with Gasteiger partial charge in [0.05, 0.1) is 0 Å². The van der Waals surface area contributed by atoms with Gasteiger partial charge in [0.25, 0.3) is 5.91 Å². The van der Waals surface area contributed by atoms with E-state index in [1.807, 2.05) is 43.4 Å². The van der Waals surface area contributed by atoms with E-state index in [0.717, 1.165) is 22.9 Å². The summed E-state index contributed by atoms with van der Waals surface area (Å²) < 4.78 is 0. The summed E-state index contributed by atoms with van der Waals surface area (Å²) in [4.78, 5) is 21.3. The number of hydrogen-bond donors (Lipinski definition) is 1. The fourth-order valence-electron chi connectivity index (χ4n) is 2.37. The number of rotatable bonds is 4. The molecule has 2 aromatic heterocycles. The van der Waals surface area contributed by atoms with Gasteiger partial charge in [0.15, 0.2) is 0 Å². The zero-order valence-electron chi connectivity index (χ0n) is 12.2. The van der Waals surface area contributed by atoms with Gasteiger partial charge in [-0.1, -0.05) is 17.7 Å². The fraction of sp³-hybridized carbons (Fsp3) is 0.176. The molecule has 0 spiro atoms. The number of benzene rings is 1. The SMILES string of the molecule is CN(CCc1ccncc1)C(=O)c1cc2ccc(Cl)cc2[nH]1. The third kappa shape index (κ3) is 3.12. The van der Waals surface area contributed by atoms with Gasteiger partial charge in [-0.25, -0.2) is 0 Å². The number of aromatic nitrogens is 2. The lowest BCUT2D eigenvalue weighted by molar-refractivity contribution is 0.0792. The lowest BCUT2D eigenvalue weighted by Crippen LogP contribution is -2.29. The number of H-pyrrole nitrogens is 1. The van der Waals surface area contributed by atoms with Gasteiger partial charge in [0, 0.05) is 41.9 Å². The molecule has 112 valence electrons. The molecule has 22 heavy (non-hydrogen) atoms. The first-order valence-corrected chi connectivity index (χ1v) is 7.44. The van der Waals surface area contributed by atoms with Crippen LogP contribution in [0.3, 0.4) is 0 Å². The normalized spacial score (nSPS) is 10.8. The van der Waals surface area contributed by atoms with E-state index in [-0.39, 0.29) is 5.91 Å². The molecule has 0 saturated heterocycles. The second-order valence-corrected chi connectivity index (χ2v) is 5.68. The molecule has 3 aromatic rings. The Morgan fingerprint density at radius 2 is 2.00 bits per heavy atom. The Hall–Kier alpha value is -2.33. The molecule has 4 nitrogen and oxygen atoms in total. The quantitative estimate of drug-likeness (QED) is 0.801. The van der Waals surface area contributed by atoms with E-state index < -0.39 is 0 Å². The van der Waals surface area contributed by atoms with Gasteiger partial charge in [-0.15, -0.1) is 0 Å². The number of likely N-dealkylation sites (N-methyl/N-ethyl adjacent to an activating group) is 1. The summed E-state index contributed by atoms with van der Waals surface area (Å²) in [5, 5.41) is 1.63. The van der Waals surface area contributed by atoms with Gasteiger partial charge in [-0.2, -0.15) is 0 Å². The first kappa shape index (κ1) is 14.6. The summed E-state index contributed by atoms with van der Waals surface area (Å²) in [6.45, 7) is 0.652. The van der Waals surface area contributed by atoms with Crippen LogP contribution in [0.1, 0.15) is 16.1 Å². The average Bonchev–Trinajstić information content (AvgIpc) is 2.95. The number of halogens is 1. The van der Waals surface area contributed by atoms with E-state index >= 15 is 0 Å². The Kier molecular flexibility index (Phi) is 4.11. The lowest BCUT2D eigenvalue weighted by Gasteiger charge is -2.16. The van der Waals surface area contributed by atoms with Crippen molar-refractivity contribution >= 4 is 28.4 Å². The first-order valence-electron chi connectivity index (χ1n) is 7.06. The smallest absolute Gasteiger partial charge is 0.270 e. The number of carbonyl (C=O) groups is 1. The van der Waals surface area contributed by atoms with Crippen molar-refractivity contribution in [1.29, 1.82) is 0 Å². The maximum absolute atomic E-state index is 12.5. The molecule has 1 N–H and O–H groups in total. The number of nitrogens with zero attached hydrogens (tertiary/aromatic N) is 2. The minimum atomic E-state index is -0.0265. The molecule has 0 fully saturated rings. The van der Waals surface area contributed by atoms with E-state index in [1.54, 1.807) is 17.3 Å². The largest absolute Gasteiger partial charge is 0.350 e. The van der Waals surface area contributed by atoms with Crippen LogP contribution in [-0.2, 0) is 6.42 Å². The van der Waals surface area contributed by atoms with E-state index in [4.69, 9.17) is 11.6 Å². The van der Waals surface area contributed by atoms with Crippen LogP contribution in [0.2, 0.25) is 5.02 Å². The molecule has 3 rings (SSSR count). The molecule has 0 unspecified atom stereocenters. The molecule has 1 amide bonds. The number of nitrogens with one attached hydrogen (secondary N) is 1. The topological polar surface area (TPSA) is 49.0 Å². The van der Waals surface area contributed by atoms with Crippen molar-refractivity contribution in [2.75, 3.05) is 13.6 Å². The molecule has 0 saturated carbocycles. The average molecular weight is 314 g/mol. The van der Waals surface area contributed by atoms with Gasteiger partial charge in [0.1, 0.15) is 5.69 Å². The molecule has 2 heterocycles. The predicted molar refractivity (Wildman–Crippen MR) is 88.2 cm³/mol. The molecular weight excluding hydrogens is 298 g/mol. The highest BCUT2D eigenvalue weighted by Crippen LogP contribution is 2.20. The summed E-state index contributed by atoms with van der Waals surface area (Å²) in [7, 11) is 1.81. The van der Waals surface area contributed by atoms with Crippen LogP contribution in [0.15, 0.2) is 48.8 Å². The van der Waals surface area contributed by atoms with Crippen LogP contribution < -0.4 is 0 Å². The molecule has 0 bridgehead atoms. The molecule has 5 heteroatoms. The van der Waals surface area contributed by atoms with Crippen LogP contribution in [0.4, 0.5) is 0 Å². The predicted octanol–water partition coefficient (Wildman–Crippen LogP) is 3.53. The second-order valence-electron chi connectivity index (χ2n) is 5.25. The summed E-state index contributed by atoms with van der Waals surface area (Å²) >= 11 is 5.97. The highest BCUT2D eigenvalue weighted by molar-refractivity contribution is 6.31. The highest BCUT2D eigenvalue weighted by atomic mass is 35.5. The van der Waals surface area contributed by atoms with E-state index in [9.17, 15) is 4.79 Å². The van der Waals surface area contributed by atoms with Gasteiger partial charge in [-0.05, 0) is 42.3 Å².